The van der Waals surface area contributed by atoms with Crippen LogP contribution in [0.2, 0.25) is 0 Å². The Morgan fingerprint density at radius 1 is 1.53 bits per heavy atom. The molecule has 3 nitrogen and oxygen atoms in total. The van der Waals surface area contributed by atoms with Gasteiger partial charge in [0.1, 0.15) is 0 Å². The molecule has 1 unspecified atom stereocenters. The molecule has 0 bridgehead atoms. The van der Waals surface area contributed by atoms with Crippen molar-refractivity contribution in [3.8, 4) is 12.3 Å². The third kappa shape index (κ3) is 2.73. The normalized spacial score (nSPS) is 28.3. The third-order valence-electron chi connectivity index (χ3n) is 3.10. The van der Waals surface area contributed by atoms with Crippen molar-refractivity contribution in [1.82, 2.24) is 4.90 Å². The number of piperidine rings is 1. The topological polar surface area (TPSA) is 46.3 Å². The lowest BCUT2D eigenvalue weighted by Crippen LogP contribution is -2.53. The molecule has 1 saturated heterocycles. The molecule has 1 amide bonds. The van der Waals surface area contributed by atoms with Gasteiger partial charge in [-0.15, -0.1) is 12.3 Å². The molecular weight excluding hydrogens is 188 g/mol. The summed E-state index contributed by atoms with van der Waals surface area (Å²) in [5, 5.41) is 0. The van der Waals surface area contributed by atoms with Crippen LogP contribution >= 0.6 is 0 Å². The lowest BCUT2D eigenvalue weighted by Gasteiger charge is -2.40. The molecule has 3 atom stereocenters. The summed E-state index contributed by atoms with van der Waals surface area (Å²) in [4.78, 5) is 13.9. The quantitative estimate of drug-likeness (QED) is 0.691. The van der Waals surface area contributed by atoms with Crippen molar-refractivity contribution >= 4 is 5.91 Å². The van der Waals surface area contributed by atoms with Gasteiger partial charge in [-0.2, -0.15) is 0 Å². The van der Waals surface area contributed by atoms with E-state index in [0.29, 0.717) is 18.5 Å². The Kier molecular flexibility index (Phi) is 4.16. The largest absolute Gasteiger partial charge is 0.336 e. The maximum atomic E-state index is 12.0. The predicted molar refractivity (Wildman–Crippen MR) is 61.0 cm³/mol. The molecule has 1 aliphatic heterocycles. The van der Waals surface area contributed by atoms with Gasteiger partial charge in [0.15, 0.2) is 0 Å². The van der Waals surface area contributed by atoms with Gasteiger partial charge < -0.3 is 10.6 Å². The molecule has 3 heteroatoms. The molecule has 0 aliphatic carbocycles. The number of hydrogen-bond acceptors (Lipinski definition) is 2. The van der Waals surface area contributed by atoms with Crippen LogP contribution in [-0.4, -0.2) is 28.9 Å². The van der Waals surface area contributed by atoms with Gasteiger partial charge in [-0.05, 0) is 33.1 Å². The number of carbonyl (C=O) groups excluding carboxylic acids is 1. The molecule has 0 aromatic carbocycles. The minimum atomic E-state index is -0.530. The first kappa shape index (κ1) is 12.1. The highest BCUT2D eigenvalue weighted by atomic mass is 16.2. The minimum Gasteiger partial charge on any atom is -0.336 e. The Bertz CT molecular complexity index is 259. The smallest absolute Gasteiger partial charge is 0.240 e. The highest BCUT2D eigenvalue weighted by molar-refractivity contribution is 5.82. The number of nitrogens with zero attached hydrogens (tertiary/aromatic N) is 1. The molecule has 15 heavy (non-hydrogen) atoms. The number of rotatable bonds is 2. The third-order valence-corrected chi connectivity index (χ3v) is 3.10. The Balaban J connectivity index is 2.67. The molecule has 2 N–H and O–H groups in total. The zero-order valence-corrected chi connectivity index (χ0v) is 9.57. The number of hydrogen-bond donors (Lipinski definition) is 1. The van der Waals surface area contributed by atoms with Gasteiger partial charge >= 0.3 is 0 Å². The van der Waals surface area contributed by atoms with Crippen LogP contribution in [0.3, 0.4) is 0 Å². The summed E-state index contributed by atoms with van der Waals surface area (Å²) in [5.41, 5.74) is 5.75. The van der Waals surface area contributed by atoms with Crippen molar-refractivity contribution in [2.75, 3.05) is 0 Å². The summed E-state index contributed by atoms with van der Waals surface area (Å²) >= 11 is 0. The molecule has 1 heterocycles. The number of amides is 1. The first-order valence-corrected chi connectivity index (χ1v) is 5.59. The fourth-order valence-corrected chi connectivity index (χ4v) is 2.26. The second-order valence-corrected chi connectivity index (χ2v) is 4.39. The average Bonchev–Trinajstić information content (AvgIpc) is 2.17. The maximum absolute atomic E-state index is 12.0. The fourth-order valence-electron chi connectivity index (χ4n) is 2.26. The second-order valence-electron chi connectivity index (χ2n) is 4.39. The molecule has 0 radical (unpaired) electrons. The van der Waals surface area contributed by atoms with E-state index in [0.717, 1.165) is 12.8 Å². The zero-order valence-electron chi connectivity index (χ0n) is 9.57. The Morgan fingerprint density at radius 2 is 2.07 bits per heavy atom. The summed E-state index contributed by atoms with van der Waals surface area (Å²) in [7, 11) is 0. The first-order chi connectivity index (χ1) is 7.07. The van der Waals surface area contributed by atoms with Crippen LogP contribution in [0.15, 0.2) is 0 Å². The van der Waals surface area contributed by atoms with E-state index in [2.05, 4.69) is 19.8 Å². The number of terminal acetylenes is 1. The molecule has 1 fully saturated rings. The first-order valence-electron chi connectivity index (χ1n) is 5.59. The van der Waals surface area contributed by atoms with E-state index in [1.54, 1.807) is 0 Å². The summed E-state index contributed by atoms with van der Waals surface area (Å²) in [5.74, 6) is 2.45. The Morgan fingerprint density at radius 3 is 2.53 bits per heavy atom. The Hall–Kier alpha value is -1.01. The SMILES string of the molecule is C#CCC(N)C(=O)N1[C@H](C)CCC[C@@H]1C. The van der Waals surface area contributed by atoms with Crippen LogP contribution in [0.25, 0.3) is 0 Å². The van der Waals surface area contributed by atoms with Crippen molar-refractivity contribution < 1.29 is 4.79 Å². The molecule has 84 valence electrons. The van der Waals surface area contributed by atoms with E-state index in [4.69, 9.17) is 12.2 Å². The molecule has 0 spiro atoms. The number of carbonyl (C=O) groups is 1. The lowest BCUT2D eigenvalue weighted by molar-refractivity contribution is -0.138. The van der Waals surface area contributed by atoms with Gasteiger partial charge in [0, 0.05) is 18.5 Å². The average molecular weight is 208 g/mol. The van der Waals surface area contributed by atoms with Crippen LogP contribution in [-0.2, 0) is 4.79 Å². The van der Waals surface area contributed by atoms with E-state index < -0.39 is 6.04 Å². The van der Waals surface area contributed by atoms with Crippen molar-refractivity contribution in [1.29, 1.82) is 0 Å². The fraction of sp³-hybridized carbons (Fsp3) is 0.750. The van der Waals surface area contributed by atoms with E-state index >= 15 is 0 Å². The molecule has 0 aromatic heterocycles. The van der Waals surface area contributed by atoms with Crippen molar-refractivity contribution in [2.24, 2.45) is 5.73 Å². The minimum absolute atomic E-state index is 0.00708. The van der Waals surface area contributed by atoms with E-state index in [1.165, 1.54) is 6.42 Å². The highest BCUT2D eigenvalue weighted by Gasteiger charge is 2.31. The Labute approximate surface area is 92.0 Å². The second kappa shape index (κ2) is 5.18. The molecule has 1 aliphatic rings. The van der Waals surface area contributed by atoms with Crippen LogP contribution in [0.5, 0.6) is 0 Å². The van der Waals surface area contributed by atoms with Crippen LogP contribution < -0.4 is 5.73 Å². The van der Waals surface area contributed by atoms with Crippen LogP contribution in [0.4, 0.5) is 0 Å². The molecular formula is C12H20N2O. The van der Waals surface area contributed by atoms with Crippen molar-refractivity contribution in [3.05, 3.63) is 0 Å². The van der Waals surface area contributed by atoms with Gasteiger partial charge in [-0.25, -0.2) is 0 Å². The highest BCUT2D eigenvalue weighted by Crippen LogP contribution is 2.23. The van der Waals surface area contributed by atoms with Gasteiger partial charge in [-0.3, -0.25) is 4.79 Å². The number of nitrogens with two attached hydrogens (primary N) is 1. The predicted octanol–water partition coefficient (Wildman–Crippen LogP) is 1.13. The van der Waals surface area contributed by atoms with Crippen LogP contribution in [0, 0.1) is 12.3 Å². The van der Waals surface area contributed by atoms with Crippen molar-refractivity contribution in [2.45, 2.75) is 57.7 Å². The standard InChI is InChI=1S/C12H20N2O/c1-4-6-11(13)12(15)14-9(2)7-5-8-10(14)3/h1,9-11H,5-8,13H2,2-3H3/t9-,10+,11?. The summed E-state index contributed by atoms with van der Waals surface area (Å²) in [6.07, 6.45) is 8.82. The summed E-state index contributed by atoms with van der Waals surface area (Å²) in [6.45, 7) is 4.16. The summed E-state index contributed by atoms with van der Waals surface area (Å²) in [6, 6.07) is 0.0631. The summed E-state index contributed by atoms with van der Waals surface area (Å²) < 4.78 is 0. The zero-order chi connectivity index (χ0) is 11.4. The van der Waals surface area contributed by atoms with Crippen LogP contribution in [0.1, 0.15) is 39.5 Å². The van der Waals surface area contributed by atoms with E-state index in [-0.39, 0.29) is 5.91 Å². The molecule has 0 saturated carbocycles. The maximum Gasteiger partial charge on any atom is 0.240 e. The van der Waals surface area contributed by atoms with E-state index in [1.807, 2.05) is 4.90 Å². The van der Waals surface area contributed by atoms with Gasteiger partial charge in [0.25, 0.3) is 0 Å². The van der Waals surface area contributed by atoms with Gasteiger partial charge in [0.2, 0.25) is 5.91 Å². The van der Waals surface area contributed by atoms with Crippen molar-refractivity contribution in [3.63, 3.8) is 0 Å². The lowest BCUT2D eigenvalue weighted by atomic mass is 9.96. The van der Waals surface area contributed by atoms with Gasteiger partial charge in [0.05, 0.1) is 6.04 Å². The molecule has 1 rings (SSSR count). The van der Waals surface area contributed by atoms with E-state index in [9.17, 15) is 4.79 Å². The monoisotopic (exact) mass is 208 g/mol. The number of likely N-dealkylation sites (tertiary alicyclic amines) is 1. The molecule has 0 aromatic rings. The van der Waals surface area contributed by atoms with Gasteiger partial charge in [-0.1, -0.05) is 0 Å².